The maximum Gasteiger partial charge on any atom is 0.0366 e. The lowest BCUT2D eigenvalue weighted by atomic mass is 10.1. The van der Waals surface area contributed by atoms with Gasteiger partial charge < -0.3 is 10.2 Å². The molecular weight excluding hydrogens is 258 g/mol. The third-order valence-electron chi connectivity index (χ3n) is 4.08. The van der Waals surface area contributed by atoms with Crippen LogP contribution in [0.25, 0.3) is 0 Å². The fraction of sp³-hybridized carbons (Fsp3) is 0.389. The standard InChI is InChI=1S/C18H23N3/c1-2-14-21(13-1)18-5-3-17(4-6-18)15-20-12-9-16-7-10-19-11-8-16/h3-8,10-11,20H,1-2,9,12-15H2. The van der Waals surface area contributed by atoms with Crippen molar-refractivity contribution in [3.8, 4) is 0 Å². The van der Waals surface area contributed by atoms with Crippen molar-refractivity contribution in [2.45, 2.75) is 25.8 Å². The monoisotopic (exact) mass is 281 g/mol. The minimum absolute atomic E-state index is 0.936. The molecule has 1 aliphatic rings. The molecule has 0 atom stereocenters. The molecular formula is C18H23N3. The highest BCUT2D eigenvalue weighted by molar-refractivity contribution is 5.48. The van der Waals surface area contributed by atoms with Gasteiger partial charge in [0.25, 0.3) is 0 Å². The lowest BCUT2D eigenvalue weighted by molar-refractivity contribution is 0.686. The average Bonchev–Trinajstić information content (AvgIpc) is 3.08. The van der Waals surface area contributed by atoms with Crippen molar-refractivity contribution in [3.63, 3.8) is 0 Å². The fourth-order valence-corrected chi connectivity index (χ4v) is 2.81. The van der Waals surface area contributed by atoms with E-state index in [4.69, 9.17) is 0 Å². The maximum atomic E-state index is 4.04. The van der Waals surface area contributed by atoms with Gasteiger partial charge in [0.05, 0.1) is 0 Å². The zero-order valence-electron chi connectivity index (χ0n) is 12.5. The Morgan fingerprint density at radius 2 is 1.62 bits per heavy atom. The summed E-state index contributed by atoms with van der Waals surface area (Å²) in [6, 6.07) is 13.1. The summed E-state index contributed by atoms with van der Waals surface area (Å²) in [6.07, 6.45) is 7.42. The first-order valence-corrected chi connectivity index (χ1v) is 7.85. The van der Waals surface area contributed by atoms with E-state index in [-0.39, 0.29) is 0 Å². The Morgan fingerprint density at radius 3 is 2.33 bits per heavy atom. The third-order valence-corrected chi connectivity index (χ3v) is 4.08. The van der Waals surface area contributed by atoms with Crippen LogP contribution in [0.2, 0.25) is 0 Å². The Morgan fingerprint density at radius 1 is 0.905 bits per heavy atom. The Balaban J connectivity index is 1.43. The van der Waals surface area contributed by atoms with Crippen LogP contribution in [0, 0.1) is 0 Å². The number of rotatable bonds is 6. The summed E-state index contributed by atoms with van der Waals surface area (Å²) in [6.45, 7) is 4.36. The van der Waals surface area contributed by atoms with E-state index in [0.29, 0.717) is 0 Å². The van der Waals surface area contributed by atoms with Crippen LogP contribution in [-0.4, -0.2) is 24.6 Å². The van der Waals surface area contributed by atoms with Gasteiger partial charge in [-0.1, -0.05) is 12.1 Å². The van der Waals surface area contributed by atoms with Gasteiger partial charge in [0, 0.05) is 37.7 Å². The van der Waals surface area contributed by atoms with Gasteiger partial charge in [-0.15, -0.1) is 0 Å². The van der Waals surface area contributed by atoms with Gasteiger partial charge in [0.15, 0.2) is 0 Å². The Kier molecular flexibility index (Phi) is 4.85. The Labute approximate surface area is 127 Å². The molecule has 3 rings (SSSR count). The molecule has 21 heavy (non-hydrogen) atoms. The maximum absolute atomic E-state index is 4.04. The number of hydrogen-bond donors (Lipinski definition) is 1. The van der Waals surface area contributed by atoms with Gasteiger partial charge in [0.2, 0.25) is 0 Å². The van der Waals surface area contributed by atoms with Crippen LogP contribution < -0.4 is 10.2 Å². The van der Waals surface area contributed by atoms with Gasteiger partial charge >= 0.3 is 0 Å². The minimum Gasteiger partial charge on any atom is -0.372 e. The van der Waals surface area contributed by atoms with Crippen molar-refractivity contribution >= 4 is 5.69 Å². The van der Waals surface area contributed by atoms with Crippen LogP contribution in [0.15, 0.2) is 48.8 Å². The number of aromatic nitrogens is 1. The molecule has 1 N–H and O–H groups in total. The highest BCUT2D eigenvalue weighted by Crippen LogP contribution is 2.20. The predicted molar refractivity (Wildman–Crippen MR) is 87.5 cm³/mol. The van der Waals surface area contributed by atoms with E-state index >= 15 is 0 Å². The van der Waals surface area contributed by atoms with Crippen LogP contribution in [0.5, 0.6) is 0 Å². The van der Waals surface area contributed by atoms with Crippen molar-refractivity contribution in [1.29, 1.82) is 0 Å². The molecule has 110 valence electrons. The third kappa shape index (κ3) is 4.05. The van der Waals surface area contributed by atoms with Gasteiger partial charge in [-0.2, -0.15) is 0 Å². The van der Waals surface area contributed by atoms with Crippen LogP contribution in [0.1, 0.15) is 24.0 Å². The number of nitrogens with one attached hydrogen (secondary N) is 1. The van der Waals surface area contributed by atoms with Crippen LogP contribution >= 0.6 is 0 Å². The Hall–Kier alpha value is -1.87. The molecule has 1 aliphatic heterocycles. The lowest BCUT2D eigenvalue weighted by Gasteiger charge is -2.17. The van der Waals surface area contributed by atoms with Crippen molar-refractivity contribution in [1.82, 2.24) is 10.3 Å². The van der Waals surface area contributed by atoms with E-state index in [0.717, 1.165) is 19.5 Å². The molecule has 0 aliphatic carbocycles. The summed E-state index contributed by atoms with van der Waals surface area (Å²) < 4.78 is 0. The van der Waals surface area contributed by atoms with Crippen LogP contribution in [0.3, 0.4) is 0 Å². The molecule has 2 heterocycles. The number of benzene rings is 1. The second-order valence-corrected chi connectivity index (χ2v) is 5.64. The zero-order valence-corrected chi connectivity index (χ0v) is 12.5. The van der Waals surface area contributed by atoms with E-state index in [9.17, 15) is 0 Å². The zero-order chi connectivity index (χ0) is 14.3. The topological polar surface area (TPSA) is 28.2 Å². The minimum atomic E-state index is 0.936. The molecule has 1 saturated heterocycles. The van der Waals surface area contributed by atoms with Crippen molar-refractivity contribution in [3.05, 3.63) is 59.9 Å². The number of nitrogens with zero attached hydrogens (tertiary/aromatic N) is 2. The molecule has 2 aromatic rings. The highest BCUT2D eigenvalue weighted by atomic mass is 15.1. The molecule has 3 heteroatoms. The highest BCUT2D eigenvalue weighted by Gasteiger charge is 2.11. The first-order valence-electron chi connectivity index (χ1n) is 7.85. The summed E-state index contributed by atoms with van der Waals surface area (Å²) in [7, 11) is 0. The van der Waals surface area contributed by atoms with Gasteiger partial charge in [-0.3, -0.25) is 4.98 Å². The van der Waals surface area contributed by atoms with Gasteiger partial charge in [0.1, 0.15) is 0 Å². The van der Waals surface area contributed by atoms with Crippen LogP contribution in [0.4, 0.5) is 5.69 Å². The normalized spacial score (nSPS) is 14.6. The van der Waals surface area contributed by atoms with E-state index < -0.39 is 0 Å². The number of hydrogen-bond acceptors (Lipinski definition) is 3. The molecule has 0 saturated carbocycles. The van der Waals surface area contributed by atoms with Crippen LogP contribution in [-0.2, 0) is 13.0 Å². The van der Waals surface area contributed by atoms with E-state index in [1.54, 1.807) is 0 Å². The SMILES string of the molecule is c1cc(CCNCc2ccc(N3CCCC3)cc2)ccn1. The second kappa shape index (κ2) is 7.23. The molecule has 3 nitrogen and oxygen atoms in total. The van der Waals surface area contributed by atoms with Gasteiger partial charge in [-0.05, 0) is 61.2 Å². The predicted octanol–water partition coefficient (Wildman–Crippen LogP) is 3.01. The van der Waals surface area contributed by atoms with Gasteiger partial charge in [-0.25, -0.2) is 0 Å². The molecule has 1 aromatic heterocycles. The molecule has 0 bridgehead atoms. The first-order chi connectivity index (χ1) is 10.4. The molecule has 1 fully saturated rings. The van der Waals surface area contributed by atoms with E-state index in [1.165, 1.54) is 42.7 Å². The summed E-state index contributed by atoms with van der Waals surface area (Å²) in [5.74, 6) is 0. The fourth-order valence-electron chi connectivity index (χ4n) is 2.81. The summed E-state index contributed by atoms with van der Waals surface area (Å²) >= 11 is 0. The average molecular weight is 281 g/mol. The summed E-state index contributed by atoms with van der Waals surface area (Å²) in [5, 5.41) is 3.51. The summed E-state index contributed by atoms with van der Waals surface area (Å²) in [4.78, 5) is 6.51. The number of pyridine rings is 1. The van der Waals surface area contributed by atoms with Crippen molar-refractivity contribution < 1.29 is 0 Å². The smallest absolute Gasteiger partial charge is 0.0366 e. The first kappa shape index (κ1) is 14.1. The Bertz CT molecular complexity index is 530. The largest absolute Gasteiger partial charge is 0.372 e. The molecule has 0 radical (unpaired) electrons. The molecule has 1 aromatic carbocycles. The summed E-state index contributed by atoms with van der Waals surface area (Å²) in [5.41, 5.74) is 4.06. The van der Waals surface area contributed by atoms with Crippen molar-refractivity contribution in [2.75, 3.05) is 24.5 Å². The molecule has 0 amide bonds. The number of anilines is 1. The van der Waals surface area contributed by atoms with E-state index in [1.807, 2.05) is 12.4 Å². The van der Waals surface area contributed by atoms with E-state index in [2.05, 4.69) is 51.6 Å². The van der Waals surface area contributed by atoms with Crippen molar-refractivity contribution in [2.24, 2.45) is 0 Å². The lowest BCUT2D eigenvalue weighted by Crippen LogP contribution is -2.18. The second-order valence-electron chi connectivity index (χ2n) is 5.64. The molecule has 0 spiro atoms. The molecule has 0 unspecified atom stereocenters. The quantitative estimate of drug-likeness (QED) is 0.825.